The SMILES string of the molecule is CCCNC(=O)[C@@H](C)N(Cc1ccc(C)cc1)C(=O)CCN1C(=O)[C@H]2CC=CC[C@H]2C1=O. The largest absolute Gasteiger partial charge is 0.354 e. The summed E-state index contributed by atoms with van der Waals surface area (Å²) >= 11 is 0. The number of nitrogens with zero attached hydrogens (tertiary/aromatic N) is 2. The van der Waals surface area contributed by atoms with E-state index in [2.05, 4.69) is 5.32 Å². The molecule has 1 aliphatic carbocycles. The van der Waals surface area contributed by atoms with E-state index in [1.54, 1.807) is 6.92 Å². The summed E-state index contributed by atoms with van der Waals surface area (Å²) in [4.78, 5) is 54.0. The molecule has 7 heteroatoms. The number of likely N-dealkylation sites (tertiary alicyclic amines) is 1. The Balaban J connectivity index is 1.70. The molecule has 0 aromatic heterocycles. The molecule has 0 unspecified atom stereocenters. The number of carbonyl (C=O) groups excluding carboxylic acids is 4. The Morgan fingerprint density at radius 2 is 1.69 bits per heavy atom. The molecule has 0 bridgehead atoms. The monoisotopic (exact) mass is 439 g/mol. The molecule has 7 nitrogen and oxygen atoms in total. The number of rotatable bonds is 9. The summed E-state index contributed by atoms with van der Waals surface area (Å²) in [5.41, 5.74) is 2.03. The van der Waals surface area contributed by atoms with E-state index in [1.165, 1.54) is 9.80 Å². The minimum Gasteiger partial charge on any atom is -0.354 e. The fraction of sp³-hybridized carbons (Fsp3) is 0.520. The van der Waals surface area contributed by atoms with Crippen LogP contribution in [0.2, 0.25) is 0 Å². The highest BCUT2D eigenvalue weighted by molar-refractivity contribution is 6.05. The molecule has 32 heavy (non-hydrogen) atoms. The van der Waals surface area contributed by atoms with Gasteiger partial charge in [-0.2, -0.15) is 0 Å². The molecule has 4 amide bonds. The first-order valence-corrected chi connectivity index (χ1v) is 11.5. The Hall–Kier alpha value is -2.96. The van der Waals surface area contributed by atoms with Crippen LogP contribution in [0.4, 0.5) is 0 Å². The molecule has 0 saturated carbocycles. The van der Waals surface area contributed by atoms with Crippen molar-refractivity contribution in [1.29, 1.82) is 0 Å². The minimum absolute atomic E-state index is 0.00159. The average molecular weight is 440 g/mol. The predicted molar refractivity (Wildman–Crippen MR) is 121 cm³/mol. The zero-order chi connectivity index (χ0) is 23.3. The zero-order valence-corrected chi connectivity index (χ0v) is 19.2. The van der Waals surface area contributed by atoms with Crippen LogP contribution in [0.5, 0.6) is 0 Å². The molecule has 172 valence electrons. The number of nitrogens with one attached hydrogen (secondary N) is 1. The van der Waals surface area contributed by atoms with Gasteiger partial charge in [-0.15, -0.1) is 0 Å². The average Bonchev–Trinajstić information content (AvgIpc) is 3.04. The van der Waals surface area contributed by atoms with E-state index < -0.39 is 6.04 Å². The molecule has 3 atom stereocenters. The first kappa shape index (κ1) is 23.7. The van der Waals surface area contributed by atoms with Crippen LogP contribution in [0, 0.1) is 18.8 Å². The number of hydrogen-bond acceptors (Lipinski definition) is 4. The predicted octanol–water partition coefficient (Wildman–Crippen LogP) is 2.58. The number of allylic oxidation sites excluding steroid dienone is 2. The lowest BCUT2D eigenvalue weighted by Crippen LogP contribution is -2.48. The molecule has 1 aromatic rings. The van der Waals surface area contributed by atoms with Gasteiger partial charge in [0.05, 0.1) is 11.8 Å². The Labute approximate surface area is 189 Å². The Morgan fingerprint density at radius 3 is 2.25 bits per heavy atom. The summed E-state index contributed by atoms with van der Waals surface area (Å²) in [6, 6.07) is 7.16. The van der Waals surface area contributed by atoms with Gasteiger partial charge < -0.3 is 10.2 Å². The topological polar surface area (TPSA) is 86.8 Å². The highest BCUT2D eigenvalue weighted by Crippen LogP contribution is 2.35. The normalized spacial score (nSPS) is 20.8. The Kier molecular flexibility index (Phi) is 7.83. The number of hydrogen-bond donors (Lipinski definition) is 1. The molecule has 3 rings (SSSR count). The van der Waals surface area contributed by atoms with E-state index in [-0.39, 0.29) is 55.0 Å². The van der Waals surface area contributed by atoms with Crippen LogP contribution < -0.4 is 5.32 Å². The summed E-state index contributed by atoms with van der Waals surface area (Å²) in [5, 5.41) is 2.85. The van der Waals surface area contributed by atoms with Crippen molar-refractivity contribution in [1.82, 2.24) is 15.1 Å². The fourth-order valence-electron chi connectivity index (χ4n) is 4.31. The zero-order valence-electron chi connectivity index (χ0n) is 19.2. The van der Waals surface area contributed by atoms with Gasteiger partial charge in [0.25, 0.3) is 0 Å². The van der Waals surface area contributed by atoms with Crippen molar-refractivity contribution < 1.29 is 19.2 Å². The second kappa shape index (κ2) is 10.6. The van der Waals surface area contributed by atoms with Gasteiger partial charge in [-0.05, 0) is 38.7 Å². The van der Waals surface area contributed by atoms with Gasteiger partial charge >= 0.3 is 0 Å². The standard InChI is InChI=1S/C25H33N3O4/c1-4-14-26-23(30)18(3)28(16-19-11-9-17(2)10-12-19)22(29)13-15-27-24(31)20-7-5-6-8-21(20)25(27)32/h5-6,9-12,18,20-21H,4,7-8,13-16H2,1-3H3,(H,26,30)/t18-,20-,21+/m1/s1. The lowest BCUT2D eigenvalue weighted by atomic mass is 9.85. The highest BCUT2D eigenvalue weighted by Gasteiger charge is 2.47. The van der Waals surface area contributed by atoms with E-state index in [9.17, 15) is 19.2 Å². The van der Waals surface area contributed by atoms with E-state index in [0.717, 1.165) is 17.5 Å². The van der Waals surface area contributed by atoms with E-state index in [1.807, 2.05) is 50.3 Å². The summed E-state index contributed by atoms with van der Waals surface area (Å²) < 4.78 is 0. The van der Waals surface area contributed by atoms with Gasteiger partial charge in [0.2, 0.25) is 23.6 Å². The summed E-state index contributed by atoms with van der Waals surface area (Å²) in [7, 11) is 0. The minimum atomic E-state index is -0.660. The van der Waals surface area contributed by atoms with Gasteiger partial charge in [0.1, 0.15) is 6.04 Å². The number of aryl methyl sites for hydroxylation is 1. The molecule has 2 aliphatic rings. The van der Waals surface area contributed by atoms with Crippen molar-refractivity contribution in [3.63, 3.8) is 0 Å². The third-order valence-corrected chi connectivity index (χ3v) is 6.34. The van der Waals surface area contributed by atoms with Crippen molar-refractivity contribution in [2.24, 2.45) is 11.8 Å². The first-order valence-electron chi connectivity index (χ1n) is 11.5. The van der Waals surface area contributed by atoms with Crippen LogP contribution >= 0.6 is 0 Å². The van der Waals surface area contributed by atoms with Crippen LogP contribution in [-0.4, -0.2) is 52.6 Å². The number of benzene rings is 1. The van der Waals surface area contributed by atoms with Gasteiger partial charge in [-0.1, -0.05) is 48.9 Å². The Morgan fingerprint density at radius 1 is 1.09 bits per heavy atom. The van der Waals surface area contributed by atoms with Crippen LogP contribution in [-0.2, 0) is 25.7 Å². The van der Waals surface area contributed by atoms with Crippen LogP contribution in [0.3, 0.4) is 0 Å². The van der Waals surface area contributed by atoms with Gasteiger partial charge in [-0.25, -0.2) is 0 Å². The Bertz CT molecular complexity index is 867. The maximum Gasteiger partial charge on any atom is 0.242 e. The fourth-order valence-corrected chi connectivity index (χ4v) is 4.31. The lowest BCUT2D eigenvalue weighted by molar-refractivity contribution is -0.143. The van der Waals surface area contributed by atoms with Crippen LogP contribution in [0.1, 0.15) is 50.7 Å². The maximum atomic E-state index is 13.2. The number of carbonyl (C=O) groups is 4. The third kappa shape index (κ3) is 5.26. The third-order valence-electron chi connectivity index (χ3n) is 6.34. The lowest BCUT2D eigenvalue weighted by Gasteiger charge is -2.29. The van der Waals surface area contributed by atoms with Gasteiger partial charge in [0, 0.05) is 26.1 Å². The van der Waals surface area contributed by atoms with Crippen molar-refractivity contribution in [2.45, 2.75) is 59.0 Å². The van der Waals surface area contributed by atoms with Crippen molar-refractivity contribution in [3.8, 4) is 0 Å². The molecule has 1 fully saturated rings. The van der Waals surface area contributed by atoms with Crippen LogP contribution in [0.15, 0.2) is 36.4 Å². The molecule has 1 saturated heterocycles. The molecule has 0 spiro atoms. The number of imide groups is 1. The quantitative estimate of drug-likeness (QED) is 0.473. The number of amides is 4. The van der Waals surface area contributed by atoms with Crippen molar-refractivity contribution in [2.75, 3.05) is 13.1 Å². The number of fused-ring (bicyclic) bond motifs is 1. The highest BCUT2D eigenvalue weighted by atomic mass is 16.2. The molecular formula is C25H33N3O4. The molecular weight excluding hydrogens is 406 g/mol. The van der Waals surface area contributed by atoms with Gasteiger partial charge in [-0.3, -0.25) is 24.1 Å². The summed E-state index contributed by atoms with van der Waals surface area (Å²) in [6.45, 7) is 6.56. The smallest absolute Gasteiger partial charge is 0.242 e. The molecule has 0 radical (unpaired) electrons. The summed E-state index contributed by atoms with van der Waals surface area (Å²) in [5.74, 6) is -1.43. The van der Waals surface area contributed by atoms with E-state index in [4.69, 9.17) is 0 Å². The van der Waals surface area contributed by atoms with Crippen molar-refractivity contribution >= 4 is 23.6 Å². The second-order valence-electron chi connectivity index (χ2n) is 8.71. The van der Waals surface area contributed by atoms with E-state index in [0.29, 0.717) is 19.4 Å². The summed E-state index contributed by atoms with van der Waals surface area (Å²) in [6.07, 6.45) is 5.85. The molecule has 1 aromatic carbocycles. The maximum absolute atomic E-state index is 13.2. The molecule has 1 heterocycles. The van der Waals surface area contributed by atoms with Crippen LogP contribution in [0.25, 0.3) is 0 Å². The van der Waals surface area contributed by atoms with Gasteiger partial charge in [0.15, 0.2) is 0 Å². The molecule has 1 aliphatic heterocycles. The van der Waals surface area contributed by atoms with Crippen molar-refractivity contribution in [3.05, 3.63) is 47.5 Å². The molecule has 1 N–H and O–H groups in total. The second-order valence-corrected chi connectivity index (χ2v) is 8.71. The first-order chi connectivity index (χ1) is 15.3. The van der Waals surface area contributed by atoms with E-state index >= 15 is 0 Å².